The number of carbonyl (C=O) groups is 1. The molecule has 2 heterocycles. The Hall–Kier alpha value is -3.57. The lowest BCUT2D eigenvalue weighted by Gasteiger charge is -2.39. The maximum atomic E-state index is 13.4. The normalized spacial score (nSPS) is 16.1. The molecule has 2 aromatic carbocycles. The number of ether oxygens (including phenoxy) is 1. The van der Waals surface area contributed by atoms with E-state index >= 15 is 0 Å². The van der Waals surface area contributed by atoms with Crippen molar-refractivity contribution in [2.75, 3.05) is 57.6 Å². The number of aliphatic carboxylic acids is 1. The number of carboxylic acid groups (broad SMARTS) is 1. The molecule has 4 rings (SSSR count). The molecule has 8 nitrogen and oxygen atoms in total. The molecule has 0 unspecified atom stereocenters. The number of halogens is 3. The monoisotopic (exact) mass is 560 g/mol. The Balaban J connectivity index is 1.40. The number of nitrogens with one attached hydrogen (secondary N) is 1. The summed E-state index contributed by atoms with van der Waals surface area (Å²) in [5, 5.41) is 25.2. The van der Waals surface area contributed by atoms with Gasteiger partial charge in [-0.05, 0) is 57.0 Å². The molecular formula is C29H35F3N4O4. The third-order valence-electron chi connectivity index (χ3n) is 7.81. The van der Waals surface area contributed by atoms with Crippen molar-refractivity contribution in [3.05, 3.63) is 59.5 Å². The summed E-state index contributed by atoms with van der Waals surface area (Å²) >= 11 is 0. The standard InChI is InChI=1S/C29H35F3N4O4/c1-35(2)24-17-34-23-5-4-19(40-3)16-20(23)26(24)25(37)6-7-29(28(38)39)8-11-36(12-9-29)13-10-33-18-14-21(30)27(32)22(31)15-18/h4-5,14-17,25,33,37H,6-13H2,1-3H3,(H,38,39)/t25-/m1/s1. The van der Waals surface area contributed by atoms with E-state index < -0.39 is 34.9 Å². The van der Waals surface area contributed by atoms with Gasteiger partial charge in [0.1, 0.15) is 5.75 Å². The first-order valence-electron chi connectivity index (χ1n) is 13.2. The van der Waals surface area contributed by atoms with Crippen LogP contribution < -0.4 is 15.0 Å². The Bertz CT molecular complexity index is 1340. The molecule has 0 radical (unpaired) electrons. The van der Waals surface area contributed by atoms with E-state index in [0.29, 0.717) is 62.3 Å². The van der Waals surface area contributed by atoms with Gasteiger partial charge in [0.15, 0.2) is 17.5 Å². The van der Waals surface area contributed by atoms with E-state index in [9.17, 15) is 28.2 Å². The van der Waals surface area contributed by atoms with Crippen molar-refractivity contribution >= 4 is 28.2 Å². The number of piperidine rings is 1. The number of aliphatic hydroxyl groups is 1. The van der Waals surface area contributed by atoms with E-state index in [2.05, 4.69) is 15.2 Å². The Morgan fingerprint density at radius 2 is 1.85 bits per heavy atom. The highest BCUT2D eigenvalue weighted by molar-refractivity contribution is 5.88. The fraction of sp³-hybridized carbons (Fsp3) is 0.448. The molecule has 1 aromatic heterocycles. The van der Waals surface area contributed by atoms with Gasteiger partial charge in [-0.2, -0.15) is 0 Å². The zero-order valence-corrected chi connectivity index (χ0v) is 22.9. The molecule has 1 aliphatic rings. The molecule has 0 saturated carbocycles. The molecule has 1 fully saturated rings. The number of carboxylic acids is 1. The lowest BCUT2D eigenvalue weighted by Crippen LogP contribution is -2.45. The summed E-state index contributed by atoms with van der Waals surface area (Å²) in [6.07, 6.45) is 2.16. The molecular weight excluding hydrogens is 525 g/mol. The fourth-order valence-corrected chi connectivity index (χ4v) is 5.36. The molecule has 216 valence electrons. The number of aliphatic hydroxyl groups excluding tert-OH is 1. The number of aromatic nitrogens is 1. The van der Waals surface area contributed by atoms with Crippen LogP contribution in [0.15, 0.2) is 36.5 Å². The predicted molar refractivity (Wildman–Crippen MR) is 147 cm³/mol. The zero-order chi connectivity index (χ0) is 29.0. The number of benzene rings is 2. The molecule has 0 bridgehead atoms. The van der Waals surface area contributed by atoms with E-state index in [4.69, 9.17) is 4.74 Å². The second kappa shape index (κ2) is 12.3. The van der Waals surface area contributed by atoms with Crippen molar-refractivity contribution in [2.24, 2.45) is 5.41 Å². The minimum Gasteiger partial charge on any atom is -0.497 e. The molecule has 1 atom stereocenters. The Kier molecular flexibility index (Phi) is 9.05. The SMILES string of the molecule is COc1ccc2ncc(N(C)C)c([C@H](O)CCC3(C(=O)O)CCN(CCNc4cc(F)c(F)c(F)c4)CC3)c2c1. The van der Waals surface area contributed by atoms with Crippen LogP contribution in [-0.4, -0.2) is 73.5 Å². The van der Waals surface area contributed by atoms with Crippen LogP contribution >= 0.6 is 0 Å². The van der Waals surface area contributed by atoms with Crippen molar-refractivity contribution in [1.29, 1.82) is 0 Å². The minimum absolute atomic E-state index is 0.139. The van der Waals surface area contributed by atoms with Crippen LogP contribution in [0.4, 0.5) is 24.5 Å². The molecule has 0 spiro atoms. The summed E-state index contributed by atoms with van der Waals surface area (Å²) in [6.45, 7) is 1.92. The maximum Gasteiger partial charge on any atom is 0.309 e. The van der Waals surface area contributed by atoms with E-state index in [1.165, 1.54) is 0 Å². The van der Waals surface area contributed by atoms with E-state index in [1.54, 1.807) is 19.4 Å². The maximum absolute atomic E-state index is 13.4. The van der Waals surface area contributed by atoms with Crippen molar-refractivity contribution in [2.45, 2.75) is 31.8 Å². The number of rotatable bonds is 11. The number of nitrogens with zero attached hydrogens (tertiary/aromatic N) is 3. The lowest BCUT2D eigenvalue weighted by molar-refractivity contribution is -0.153. The number of pyridine rings is 1. The number of anilines is 2. The summed E-state index contributed by atoms with van der Waals surface area (Å²) in [4.78, 5) is 20.9. The smallest absolute Gasteiger partial charge is 0.309 e. The van der Waals surface area contributed by atoms with E-state index in [-0.39, 0.29) is 12.1 Å². The molecule has 3 aromatic rings. The molecule has 40 heavy (non-hydrogen) atoms. The average molecular weight is 561 g/mol. The van der Waals surface area contributed by atoms with Gasteiger partial charge in [0, 0.05) is 56.0 Å². The first-order valence-corrected chi connectivity index (χ1v) is 13.2. The van der Waals surface area contributed by atoms with Gasteiger partial charge in [-0.15, -0.1) is 0 Å². The van der Waals surface area contributed by atoms with Crippen LogP contribution in [0.2, 0.25) is 0 Å². The number of hydrogen-bond donors (Lipinski definition) is 3. The van der Waals surface area contributed by atoms with Gasteiger partial charge in [0.25, 0.3) is 0 Å². The van der Waals surface area contributed by atoms with Crippen molar-refractivity contribution in [3.63, 3.8) is 0 Å². The van der Waals surface area contributed by atoms with Gasteiger partial charge in [-0.25, -0.2) is 13.2 Å². The van der Waals surface area contributed by atoms with E-state index in [1.807, 2.05) is 31.1 Å². The van der Waals surface area contributed by atoms with Crippen LogP contribution in [0.5, 0.6) is 5.75 Å². The highest BCUT2D eigenvalue weighted by Gasteiger charge is 2.41. The largest absolute Gasteiger partial charge is 0.497 e. The van der Waals surface area contributed by atoms with Crippen molar-refractivity contribution in [3.8, 4) is 5.75 Å². The van der Waals surface area contributed by atoms with Crippen LogP contribution in [-0.2, 0) is 4.79 Å². The van der Waals surface area contributed by atoms with Crippen molar-refractivity contribution in [1.82, 2.24) is 9.88 Å². The lowest BCUT2D eigenvalue weighted by atomic mass is 9.74. The minimum atomic E-state index is -1.51. The predicted octanol–water partition coefficient (Wildman–Crippen LogP) is 4.82. The molecule has 0 amide bonds. The van der Waals surface area contributed by atoms with Gasteiger partial charge in [-0.3, -0.25) is 9.78 Å². The van der Waals surface area contributed by atoms with Gasteiger partial charge in [0.2, 0.25) is 0 Å². The van der Waals surface area contributed by atoms with Gasteiger partial charge in [0.05, 0.1) is 36.0 Å². The van der Waals surface area contributed by atoms with Crippen molar-refractivity contribution < 1.29 is 32.9 Å². The van der Waals surface area contributed by atoms with Crippen LogP contribution in [0, 0.1) is 22.9 Å². The molecule has 1 aliphatic heterocycles. The third-order valence-corrected chi connectivity index (χ3v) is 7.81. The summed E-state index contributed by atoms with van der Waals surface area (Å²) in [5.74, 6) is -4.27. The highest BCUT2D eigenvalue weighted by atomic mass is 19.2. The second-order valence-corrected chi connectivity index (χ2v) is 10.5. The molecule has 0 aliphatic carbocycles. The summed E-state index contributed by atoms with van der Waals surface area (Å²) < 4.78 is 45.4. The second-order valence-electron chi connectivity index (χ2n) is 10.5. The van der Waals surface area contributed by atoms with Gasteiger partial charge in [-0.1, -0.05) is 0 Å². The molecule has 11 heteroatoms. The third kappa shape index (κ3) is 6.26. The van der Waals surface area contributed by atoms with E-state index in [0.717, 1.165) is 23.2 Å². The Morgan fingerprint density at radius 1 is 1.18 bits per heavy atom. The van der Waals surface area contributed by atoms with Crippen LogP contribution in [0.25, 0.3) is 10.9 Å². The van der Waals surface area contributed by atoms with Gasteiger partial charge >= 0.3 is 5.97 Å². The van der Waals surface area contributed by atoms with Crippen LogP contribution in [0.3, 0.4) is 0 Å². The fourth-order valence-electron chi connectivity index (χ4n) is 5.36. The summed E-state index contributed by atoms with van der Waals surface area (Å²) in [5.41, 5.74) is 1.31. The molecule has 1 saturated heterocycles. The number of fused-ring (bicyclic) bond motifs is 1. The molecule has 3 N–H and O–H groups in total. The quantitative estimate of drug-likeness (QED) is 0.287. The summed E-state index contributed by atoms with van der Waals surface area (Å²) in [6, 6.07) is 7.27. The van der Waals surface area contributed by atoms with Crippen LogP contribution in [0.1, 0.15) is 37.4 Å². The Morgan fingerprint density at radius 3 is 2.45 bits per heavy atom. The first-order chi connectivity index (χ1) is 19.0. The van der Waals surface area contributed by atoms with Gasteiger partial charge < -0.3 is 30.1 Å². The number of likely N-dealkylation sites (tertiary alicyclic amines) is 1. The summed E-state index contributed by atoms with van der Waals surface area (Å²) in [7, 11) is 5.30. The average Bonchev–Trinajstić information content (AvgIpc) is 2.94. The first kappa shape index (κ1) is 29.4. The number of methoxy groups -OCH3 is 1. The Labute approximate surface area is 231 Å². The topological polar surface area (TPSA) is 98.2 Å². The highest BCUT2D eigenvalue weighted by Crippen LogP contribution is 2.41. The number of hydrogen-bond acceptors (Lipinski definition) is 7. The zero-order valence-electron chi connectivity index (χ0n) is 22.9.